The lowest BCUT2D eigenvalue weighted by molar-refractivity contribution is 0.126. The summed E-state index contributed by atoms with van der Waals surface area (Å²) < 4.78 is 0. The van der Waals surface area contributed by atoms with E-state index in [1.54, 1.807) is 0 Å². The Morgan fingerprint density at radius 3 is 2.67 bits per heavy atom. The minimum Gasteiger partial charge on any atom is -0.508 e. The third-order valence-corrected chi connectivity index (χ3v) is 5.24. The molecule has 2 aromatic carbocycles. The Morgan fingerprint density at radius 1 is 1.05 bits per heavy atom. The molecular formula is C19H21NO. The van der Waals surface area contributed by atoms with Gasteiger partial charge in [-0.25, -0.2) is 0 Å². The van der Waals surface area contributed by atoms with Gasteiger partial charge in [0.2, 0.25) is 0 Å². The molecule has 108 valence electrons. The lowest BCUT2D eigenvalue weighted by Gasteiger charge is -2.37. The number of likely N-dealkylation sites (tertiary alicyclic amines) is 1. The summed E-state index contributed by atoms with van der Waals surface area (Å²) in [5.41, 5.74) is 4.14. The molecule has 2 heteroatoms. The Morgan fingerprint density at radius 2 is 1.86 bits per heavy atom. The smallest absolute Gasteiger partial charge is 0.115 e. The van der Waals surface area contributed by atoms with Crippen LogP contribution in [-0.4, -0.2) is 23.6 Å². The Bertz CT molecular complexity index is 652. The van der Waals surface area contributed by atoms with Crippen molar-refractivity contribution >= 4 is 0 Å². The van der Waals surface area contributed by atoms with Gasteiger partial charge in [0, 0.05) is 12.0 Å². The first-order valence-electron chi connectivity index (χ1n) is 7.83. The molecule has 1 N–H and O–H groups in total. The van der Waals surface area contributed by atoms with Gasteiger partial charge in [0.05, 0.1) is 0 Å². The first-order valence-corrected chi connectivity index (χ1v) is 7.83. The molecule has 4 rings (SSSR count). The van der Waals surface area contributed by atoms with E-state index in [4.69, 9.17) is 0 Å². The van der Waals surface area contributed by atoms with Crippen molar-refractivity contribution in [1.82, 2.24) is 4.90 Å². The van der Waals surface area contributed by atoms with Crippen LogP contribution >= 0.6 is 0 Å². The van der Waals surface area contributed by atoms with Gasteiger partial charge in [-0.05, 0) is 61.2 Å². The molecule has 0 amide bonds. The van der Waals surface area contributed by atoms with E-state index in [0.29, 0.717) is 23.6 Å². The van der Waals surface area contributed by atoms with E-state index in [9.17, 15) is 5.11 Å². The number of fused-ring (bicyclic) bond motifs is 3. The van der Waals surface area contributed by atoms with Gasteiger partial charge in [0.1, 0.15) is 5.75 Å². The average Bonchev–Trinajstić information content (AvgIpc) is 2.83. The van der Waals surface area contributed by atoms with Gasteiger partial charge in [0.25, 0.3) is 0 Å². The monoisotopic (exact) mass is 279 g/mol. The Hall–Kier alpha value is -1.80. The van der Waals surface area contributed by atoms with Crippen molar-refractivity contribution in [3.63, 3.8) is 0 Å². The molecule has 21 heavy (non-hydrogen) atoms. The average molecular weight is 279 g/mol. The van der Waals surface area contributed by atoms with Gasteiger partial charge in [-0.1, -0.05) is 36.4 Å². The van der Waals surface area contributed by atoms with Crippen LogP contribution in [0.15, 0.2) is 48.5 Å². The highest BCUT2D eigenvalue weighted by Crippen LogP contribution is 2.54. The summed E-state index contributed by atoms with van der Waals surface area (Å²) >= 11 is 0. The van der Waals surface area contributed by atoms with Crippen LogP contribution < -0.4 is 0 Å². The number of hydrogen-bond acceptors (Lipinski definition) is 2. The minimum atomic E-state index is 0.389. The maximum absolute atomic E-state index is 9.91. The molecule has 0 aromatic heterocycles. The molecule has 1 saturated heterocycles. The van der Waals surface area contributed by atoms with Crippen LogP contribution in [0, 0.1) is 5.92 Å². The summed E-state index contributed by atoms with van der Waals surface area (Å²) in [4.78, 5) is 2.47. The maximum Gasteiger partial charge on any atom is 0.115 e. The molecule has 0 bridgehead atoms. The molecule has 3 atom stereocenters. The zero-order chi connectivity index (χ0) is 14.4. The summed E-state index contributed by atoms with van der Waals surface area (Å²) in [6, 6.07) is 17.3. The predicted molar refractivity (Wildman–Crippen MR) is 84.5 cm³/mol. The highest BCUT2D eigenvalue weighted by Gasteiger charge is 2.44. The molecular weight excluding hydrogens is 258 g/mol. The fourth-order valence-corrected chi connectivity index (χ4v) is 4.44. The van der Waals surface area contributed by atoms with E-state index in [-0.39, 0.29) is 0 Å². The highest BCUT2D eigenvalue weighted by molar-refractivity contribution is 5.49. The molecule has 2 nitrogen and oxygen atoms in total. The number of nitrogens with zero attached hydrogens (tertiary/aromatic N) is 1. The van der Waals surface area contributed by atoms with E-state index in [1.165, 1.54) is 29.5 Å². The van der Waals surface area contributed by atoms with Crippen LogP contribution in [-0.2, 0) is 0 Å². The van der Waals surface area contributed by atoms with Gasteiger partial charge in [-0.3, -0.25) is 4.90 Å². The van der Waals surface area contributed by atoms with E-state index in [2.05, 4.69) is 48.3 Å². The van der Waals surface area contributed by atoms with E-state index >= 15 is 0 Å². The number of piperidine rings is 1. The van der Waals surface area contributed by atoms with Crippen molar-refractivity contribution in [2.45, 2.75) is 24.8 Å². The van der Waals surface area contributed by atoms with Gasteiger partial charge in [0.15, 0.2) is 0 Å². The zero-order valence-electron chi connectivity index (χ0n) is 12.4. The number of phenols is 1. The van der Waals surface area contributed by atoms with Crippen LogP contribution in [0.25, 0.3) is 0 Å². The molecule has 0 saturated carbocycles. The third kappa shape index (κ3) is 1.97. The number of rotatable bonds is 1. The lowest BCUT2D eigenvalue weighted by Crippen LogP contribution is -2.34. The van der Waals surface area contributed by atoms with Gasteiger partial charge < -0.3 is 5.11 Å². The number of hydrogen-bond donors (Lipinski definition) is 1. The third-order valence-electron chi connectivity index (χ3n) is 5.24. The Kier molecular flexibility index (Phi) is 3.00. The molecule has 2 aromatic rings. The molecule has 2 aliphatic rings. The zero-order valence-corrected chi connectivity index (χ0v) is 12.4. The summed E-state index contributed by atoms with van der Waals surface area (Å²) in [5, 5.41) is 9.91. The van der Waals surface area contributed by atoms with Crippen LogP contribution in [0.5, 0.6) is 5.75 Å². The van der Waals surface area contributed by atoms with Gasteiger partial charge in [-0.2, -0.15) is 0 Å². The second kappa shape index (κ2) is 4.88. The minimum absolute atomic E-state index is 0.389. The summed E-state index contributed by atoms with van der Waals surface area (Å²) in [6.45, 7) is 1.15. The standard InChI is InChI=1S/C19H21NO/c1-20-11-5-8-16-18(13-6-3-2-4-7-13)15-10-9-14(21)12-17(15)19(16)20/h2-4,6-7,9-10,12,16,18-19,21H,5,8,11H2,1H3. The van der Waals surface area contributed by atoms with E-state index < -0.39 is 0 Å². The normalized spacial score (nSPS) is 28.1. The Balaban J connectivity index is 1.88. The van der Waals surface area contributed by atoms with Gasteiger partial charge >= 0.3 is 0 Å². The topological polar surface area (TPSA) is 23.5 Å². The predicted octanol–water partition coefficient (Wildman–Crippen LogP) is 3.92. The number of phenolic OH excluding ortho intramolecular Hbond substituents is 1. The molecule has 1 aliphatic carbocycles. The summed E-state index contributed by atoms with van der Waals surface area (Å²) in [5.74, 6) is 1.48. The van der Waals surface area contributed by atoms with Crippen LogP contribution in [0.3, 0.4) is 0 Å². The molecule has 0 radical (unpaired) electrons. The maximum atomic E-state index is 9.91. The highest BCUT2D eigenvalue weighted by atomic mass is 16.3. The quantitative estimate of drug-likeness (QED) is 0.855. The fraction of sp³-hybridized carbons (Fsp3) is 0.368. The van der Waals surface area contributed by atoms with Crippen molar-refractivity contribution in [2.24, 2.45) is 5.92 Å². The van der Waals surface area contributed by atoms with Crippen LogP contribution in [0.2, 0.25) is 0 Å². The van der Waals surface area contributed by atoms with E-state index in [1.807, 2.05) is 12.1 Å². The molecule has 0 spiro atoms. The lowest BCUT2D eigenvalue weighted by atomic mass is 9.80. The molecule has 1 aliphatic heterocycles. The molecule has 1 heterocycles. The van der Waals surface area contributed by atoms with Crippen molar-refractivity contribution in [1.29, 1.82) is 0 Å². The van der Waals surface area contributed by atoms with Crippen molar-refractivity contribution in [2.75, 3.05) is 13.6 Å². The van der Waals surface area contributed by atoms with E-state index in [0.717, 1.165) is 6.54 Å². The largest absolute Gasteiger partial charge is 0.508 e. The number of benzene rings is 2. The summed E-state index contributed by atoms with van der Waals surface area (Å²) in [7, 11) is 2.22. The first-order chi connectivity index (χ1) is 10.3. The second-order valence-corrected chi connectivity index (χ2v) is 6.43. The van der Waals surface area contributed by atoms with Crippen LogP contribution in [0.1, 0.15) is 41.5 Å². The van der Waals surface area contributed by atoms with Crippen molar-refractivity contribution < 1.29 is 5.11 Å². The Labute approximate surface area is 126 Å². The van der Waals surface area contributed by atoms with Crippen molar-refractivity contribution in [3.05, 3.63) is 65.2 Å². The van der Waals surface area contributed by atoms with Crippen LogP contribution in [0.4, 0.5) is 0 Å². The SMILES string of the molecule is CN1CCCC2C(c3ccccc3)c3ccc(O)cc3C21. The number of aromatic hydroxyl groups is 1. The van der Waals surface area contributed by atoms with Crippen molar-refractivity contribution in [3.8, 4) is 5.75 Å². The molecule has 1 fully saturated rings. The first kappa shape index (κ1) is 12.9. The molecule has 3 unspecified atom stereocenters. The fourth-order valence-electron chi connectivity index (χ4n) is 4.44. The summed E-state index contributed by atoms with van der Waals surface area (Å²) in [6.07, 6.45) is 2.53. The second-order valence-electron chi connectivity index (χ2n) is 6.43. The van der Waals surface area contributed by atoms with Gasteiger partial charge in [-0.15, -0.1) is 0 Å².